The molecule has 2 unspecified atom stereocenters. The number of carbonyl (C=O) groups excluding carboxylic acids is 1. The molecule has 2 saturated heterocycles. The molecule has 2 fully saturated rings. The Morgan fingerprint density at radius 2 is 2.50 bits per heavy atom. The summed E-state index contributed by atoms with van der Waals surface area (Å²) in [5.41, 5.74) is 0. The van der Waals surface area contributed by atoms with Gasteiger partial charge in [-0.05, 0) is 12.2 Å². The number of amides is 1. The molecule has 1 amide bonds. The van der Waals surface area contributed by atoms with Gasteiger partial charge in [0.2, 0.25) is 5.91 Å². The van der Waals surface area contributed by atoms with Gasteiger partial charge in [0.25, 0.3) is 0 Å². The van der Waals surface area contributed by atoms with Crippen LogP contribution in [0.2, 0.25) is 0 Å². The Labute approximate surface area is 101 Å². The van der Waals surface area contributed by atoms with Crippen molar-refractivity contribution in [1.29, 1.82) is 0 Å². The van der Waals surface area contributed by atoms with Crippen molar-refractivity contribution in [3.63, 3.8) is 0 Å². The summed E-state index contributed by atoms with van der Waals surface area (Å²) in [6.45, 7) is 2.29. The van der Waals surface area contributed by atoms with Crippen LogP contribution < -0.4 is 5.32 Å². The van der Waals surface area contributed by atoms with E-state index >= 15 is 0 Å². The standard InChI is InChI=1S/C11H20N2O2S/c1-13(10-2-5-16-8-10)11(14)6-9-7-15-4-3-12-9/h9-10,12H,2-8H2,1H3. The highest BCUT2D eigenvalue weighted by molar-refractivity contribution is 7.99. The molecule has 0 aromatic heterocycles. The van der Waals surface area contributed by atoms with Gasteiger partial charge in [-0.2, -0.15) is 11.8 Å². The van der Waals surface area contributed by atoms with Crippen LogP contribution in [-0.2, 0) is 9.53 Å². The monoisotopic (exact) mass is 244 g/mol. The van der Waals surface area contributed by atoms with E-state index in [9.17, 15) is 4.79 Å². The van der Waals surface area contributed by atoms with E-state index in [1.165, 1.54) is 5.75 Å². The number of rotatable bonds is 3. The van der Waals surface area contributed by atoms with Crippen molar-refractivity contribution in [2.24, 2.45) is 0 Å². The molecule has 0 radical (unpaired) electrons. The second-order valence-corrected chi connectivity index (χ2v) is 5.60. The van der Waals surface area contributed by atoms with Crippen molar-refractivity contribution in [3.8, 4) is 0 Å². The predicted octanol–water partition coefficient (Wildman–Crippen LogP) is 0.329. The molecular weight excluding hydrogens is 224 g/mol. The minimum Gasteiger partial charge on any atom is -0.378 e. The van der Waals surface area contributed by atoms with E-state index in [4.69, 9.17) is 4.74 Å². The summed E-state index contributed by atoms with van der Waals surface area (Å²) in [6, 6.07) is 0.653. The maximum atomic E-state index is 12.0. The minimum atomic E-state index is 0.206. The Morgan fingerprint density at radius 1 is 1.62 bits per heavy atom. The number of ether oxygens (including phenoxy) is 1. The molecule has 0 aliphatic carbocycles. The number of thioether (sulfide) groups is 1. The molecule has 2 aliphatic rings. The largest absolute Gasteiger partial charge is 0.378 e. The van der Waals surface area contributed by atoms with E-state index in [1.807, 2.05) is 23.7 Å². The number of hydrogen-bond acceptors (Lipinski definition) is 4. The molecule has 0 aromatic carbocycles. The molecule has 2 rings (SSSR count). The molecule has 0 saturated carbocycles. The molecule has 2 heterocycles. The van der Waals surface area contributed by atoms with Crippen LogP contribution in [0.4, 0.5) is 0 Å². The summed E-state index contributed by atoms with van der Waals surface area (Å²) in [5.74, 6) is 2.53. The third-order valence-corrected chi connectivity index (χ3v) is 4.41. The maximum absolute atomic E-state index is 12.0. The van der Waals surface area contributed by atoms with E-state index in [0.29, 0.717) is 19.1 Å². The van der Waals surface area contributed by atoms with Crippen LogP contribution in [0.25, 0.3) is 0 Å². The zero-order valence-corrected chi connectivity index (χ0v) is 10.6. The van der Waals surface area contributed by atoms with Gasteiger partial charge < -0.3 is 15.0 Å². The number of carbonyl (C=O) groups is 1. The van der Waals surface area contributed by atoms with Gasteiger partial charge in [0, 0.05) is 37.8 Å². The first-order valence-corrected chi connectivity index (χ1v) is 7.07. The van der Waals surface area contributed by atoms with Crippen molar-refractivity contribution in [2.45, 2.75) is 24.9 Å². The SMILES string of the molecule is CN(C(=O)CC1COCCN1)C1CCSC1. The van der Waals surface area contributed by atoms with Crippen LogP contribution in [0.1, 0.15) is 12.8 Å². The van der Waals surface area contributed by atoms with Gasteiger partial charge in [-0.1, -0.05) is 0 Å². The number of nitrogens with zero attached hydrogens (tertiary/aromatic N) is 1. The van der Waals surface area contributed by atoms with E-state index in [0.717, 1.165) is 25.3 Å². The molecule has 1 N–H and O–H groups in total. The van der Waals surface area contributed by atoms with Crippen LogP contribution >= 0.6 is 11.8 Å². The fourth-order valence-corrected chi connectivity index (χ4v) is 3.40. The zero-order chi connectivity index (χ0) is 11.4. The van der Waals surface area contributed by atoms with Gasteiger partial charge >= 0.3 is 0 Å². The lowest BCUT2D eigenvalue weighted by molar-refractivity contribution is -0.132. The fourth-order valence-electron chi connectivity index (χ4n) is 2.14. The van der Waals surface area contributed by atoms with Crippen LogP contribution in [0.3, 0.4) is 0 Å². The third-order valence-electron chi connectivity index (χ3n) is 3.27. The number of nitrogens with one attached hydrogen (secondary N) is 1. The van der Waals surface area contributed by atoms with Crippen molar-refractivity contribution in [1.82, 2.24) is 10.2 Å². The maximum Gasteiger partial charge on any atom is 0.224 e. The molecule has 4 nitrogen and oxygen atoms in total. The highest BCUT2D eigenvalue weighted by Gasteiger charge is 2.26. The Bertz CT molecular complexity index is 238. The van der Waals surface area contributed by atoms with Crippen molar-refractivity contribution >= 4 is 17.7 Å². The number of hydrogen-bond donors (Lipinski definition) is 1. The Morgan fingerprint density at radius 3 is 3.12 bits per heavy atom. The molecular formula is C11H20N2O2S. The van der Waals surface area contributed by atoms with E-state index in [-0.39, 0.29) is 11.9 Å². The van der Waals surface area contributed by atoms with Crippen molar-refractivity contribution in [3.05, 3.63) is 0 Å². The minimum absolute atomic E-state index is 0.206. The molecule has 0 spiro atoms. The summed E-state index contributed by atoms with van der Waals surface area (Å²) in [4.78, 5) is 13.9. The lowest BCUT2D eigenvalue weighted by Crippen LogP contribution is -2.46. The summed E-state index contributed by atoms with van der Waals surface area (Å²) < 4.78 is 5.35. The van der Waals surface area contributed by atoms with Crippen LogP contribution in [0.5, 0.6) is 0 Å². The first-order chi connectivity index (χ1) is 7.77. The van der Waals surface area contributed by atoms with E-state index in [1.54, 1.807) is 0 Å². The Kier molecular flexibility index (Phi) is 4.49. The first kappa shape index (κ1) is 12.2. The average molecular weight is 244 g/mol. The van der Waals surface area contributed by atoms with Crippen LogP contribution in [-0.4, -0.2) is 61.2 Å². The second kappa shape index (κ2) is 5.89. The normalized spacial score (nSPS) is 30.3. The van der Waals surface area contributed by atoms with Gasteiger partial charge in [-0.25, -0.2) is 0 Å². The van der Waals surface area contributed by atoms with Crippen LogP contribution in [0.15, 0.2) is 0 Å². The van der Waals surface area contributed by atoms with Gasteiger partial charge in [-0.3, -0.25) is 4.79 Å². The van der Waals surface area contributed by atoms with Gasteiger partial charge in [0.1, 0.15) is 0 Å². The van der Waals surface area contributed by atoms with Gasteiger partial charge in [0.15, 0.2) is 0 Å². The number of morpholine rings is 1. The Balaban J connectivity index is 1.77. The van der Waals surface area contributed by atoms with E-state index < -0.39 is 0 Å². The second-order valence-electron chi connectivity index (χ2n) is 4.45. The first-order valence-electron chi connectivity index (χ1n) is 5.92. The van der Waals surface area contributed by atoms with E-state index in [2.05, 4.69) is 5.32 Å². The van der Waals surface area contributed by atoms with Crippen molar-refractivity contribution in [2.75, 3.05) is 38.3 Å². The zero-order valence-electron chi connectivity index (χ0n) is 9.78. The lowest BCUT2D eigenvalue weighted by Gasteiger charge is -2.28. The summed E-state index contributed by atoms with van der Waals surface area (Å²) in [5, 5.41) is 3.32. The van der Waals surface area contributed by atoms with Gasteiger partial charge in [-0.15, -0.1) is 0 Å². The molecule has 2 atom stereocenters. The van der Waals surface area contributed by atoms with Crippen molar-refractivity contribution < 1.29 is 9.53 Å². The molecule has 0 aromatic rings. The molecule has 2 aliphatic heterocycles. The fraction of sp³-hybridized carbons (Fsp3) is 0.909. The summed E-state index contributed by atoms with van der Waals surface area (Å²) >= 11 is 1.94. The highest BCUT2D eigenvalue weighted by Crippen LogP contribution is 2.22. The third kappa shape index (κ3) is 3.12. The summed E-state index contributed by atoms with van der Waals surface area (Å²) in [7, 11) is 1.93. The molecule has 92 valence electrons. The van der Waals surface area contributed by atoms with Gasteiger partial charge in [0.05, 0.1) is 13.2 Å². The smallest absolute Gasteiger partial charge is 0.224 e. The average Bonchev–Trinajstić information content (AvgIpc) is 2.83. The molecule has 16 heavy (non-hydrogen) atoms. The summed E-state index contributed by atoms with van der Waals surface area (Å²) in [6.07, 6.45) is 1.71. The van der Waals surface area contributed by atoms with Crippen LogP contribution in [0, 0.1) is 0 Å². The lowest BCUT2D eigenvalue weighted by atomic mass is 10.1. The Hall–Kier alpha value is -0.260. The molecule has 5 heteroatoms. The quantitative estimate of drug-likeness (QED) is 0.777. The molecule has 0 bridgehead atoms. The topological polar surface area (TPSA) is 41.6 Å². The highest BCUT2D eigenvalue weighted by atomic mass is 32.2. The predicted molar refractivity (Wildman–Crippen MR) is 65.7 cm³/mol.